The summed E-state index contributed by atoms with van der Waals surface area (Å²) < 4.78 is 40.0. The normalized spacial score (nSPS) is 11.0. The Balaban J connectivity index is 2.67. The van der Waals surface area contributed by atoms with Crippen LogP contribution in [0.2, 0.25) is 0 Å². The third-order valence-electron chi connectivity index (χ3n) is 2.73. The summed E-state index contributed by atoms with van der Waals surface area (Å²) in [6, 6.07) is 6.42. The Bertz CT molecular complexity index is 688. The maximum atomic E-state index is 12.8. The predicted octanol–water partition coefficient (Wildman–Crippen LogP) is 4.14. The van der Waals surface area contributed by atoms with Crippen molar-refractivity contribution in [2.45, 2.75) is 6.18 Å². The summed E-state index contributed by atoms with van der Waals surface area (Å²) in [6.07, 6.45) is -1.03. The number of hydrogen-bond acceptors (Lipinski definition) is 1. The summed E-state index contributed by atoms with van der Waals surface area (Å²) in [7, 11) is 1.75. The molecule has 0 atom stereocenters. The van der Waals surface area contributed by atoms with Gasteiger partial charge < -0.3 is 0 Å². The maximum Gasteiger partial charge on any atom is 0.416 e. The molecule has 0 radical (unpaired) electrons. The maximum absolute atomic E-state index is 12.8. The van der Waals surface area contributed by atoms with E-state index in [1.807, 2.05) is 0 Å². The van der Waals surface area contributed by atoms with Crippen LogP contribution in [0.4, 0.5) is 18.9 Å². The van der Waals surface area contributed by atoms with Gasteiger partial charge in [0.2, 0.25) is 0 Å². The van der Waals surface area contributed by atoms with Crippen molar-refractivity contribution in [2.75, 3.05) is 0 Å². The van der Waals surface area contributed by atoms with E-state index >= 15 is 0 Å². The van der Waals surface area contributed by atoms with Crippen LogP contribution in [0.5, 0.6) is 0 Å². The molecular weight excluding hydrogens is 269 g/mol. The van der Waals surface area contributed by atoms with Crippen LogP contribution in [0.15, 0.2) is 47.8 Å². The lowest BCUT2D eigenvalue weighted by atomic mass is 10.0. The van der Waals surface area contributed by atoms with Gasteiger partial charge in [0, 0.05) is 22.2 Å². The summed E-state index contributed by atoms with van der Waals surface area (Å²) in [5, 5.41) is 3.44. The molecule has 0 N–H and O–H groups in total. The first kappa shape index (κ1) is 13.9. The molecule has 0 fully saturated rings. The highest BCUT2D eigenvalue weighted by Gasteiger charge is 2.31. The average Bonchev–Trinajstić information content (AvgIpc) is 2.38. The van der Waals surface area contributed by atoms with Crippen LogP contribution in [-0.4, -0.2) is 0 Å². The first-order chi connectivity index (χ1) is 9.41. The summed E-state index contributed by atoms with van der Waals surface area (Å²) in [5.74, 6) is 0. The monoisotopic (exact) mass is 279 g/mol. The molecule has 0 aliphatic heterocycles. The van der Waals surface area contributed by atoms with E-state index in [4.69, 9.17) is 5.53 Å². The number of pyridine rings is 1. The zero-order chi connectivity index (χ0) is 14.8. The van der Waals surface area contributed by atoms with E-state index in [1.54, 1.807) is 36.1 Å². The van der Waals surface area contributed by atoms with Gasteiger partial charge in [-0.2, -0.15) is 13.2 Å². The van der Waals surface area contributed by atoms with Crippen LogP contribution in [-0.2, 0) is 13.2 Å². The SMILES string of the molecule is C[n+]1cccc(-c2cc(C(F)(F)F)ccc2N=[N+]=[N-])c1. The van der Waals surface area contributed by atoms with E-state index in [1.165, 1.54) is 6.07 Å². The fourth-order valence-corrected chi connectivity index (χ4v) is 1.83. The van der Waals surface area contributed by atoms with Gasteiger partial charge in [-0.05, 0) is 29.3 Å². The van der Waals surface area contributed by atoms with Crippen LogP contribution in [0.3, 0.4) is 0 Å². The number of aromatic nitrogens is 1. The van der Waals surface area contributed by atoms with Gasteiger partial charge in [-0.25, -0.2) is 4.57 Å². The zero-order valence-electron chi connectivity index (χ0n) is 10.5. The molecule has 20 heavy (non-hydrogen) atoms. The Morgan fingerprint density at radius 1 is 1.25 bits per heavy atom. The second-order valence-corrected chi connectivity index (χ2v) is 4.18. The molecule has 7 heteroatoms. The number of halogens is 3. The topological polar surface area (TPSA) is 52.6 Å². The number of aryl methyl sites for hydroxylation is 1. The second-order valence-electron chi connectivity index (χ2n) is 4.18. The van der Waals surface area contributed by atoms with E-state index < -0.39 is 11.7 Å². The van der Waals surface area contributed by atoms with Crippen LogP contribution < -0.4 is 4.57 Å². The number of rotatable bonds is 2. The van der Waals surface area contributed by atoms with Crippen LogP contribution in [0.1, 0.15) is 5.56 Å². The van der Waals surface area contributed by atoms with Crippen molar-refractivity contribution in [1.82, 2.24) is 0 Å². The molecule has 1 aromatic carbocycles. The fraction of sp³-hybridized carbons (Fsp3) is 0.154. The van der Waals surface area contributed by atoms with Crippen molar-refractivity contribution in [3.8, 4) is 11.1 Å². The quantitative estimate of drug-likeness (QED) is 0.343. The minimum atomic E-state index is -4.44. The molecule has 0 amide bonds. The van der Waals surface area contributed by atoms with Gasteiger partial charge in [-0.3, -0.25) is 0 Å². The second kappa shape index (κ2) is 5.22. The molecule has 0 saturated carbocycles. The van der Waals surface area contributed by atoms with Gasteiger partial charge in [0.05, 0.1) is 5.56 Å². The average molecular weight is 279 g/mol. The number of azide groups is 1. The van der Waals surface area contributed by atoms with Gasteiger partial charge in [0.25, 0.3) is 0 Å². The molecule has 0 bridgehead atoms. The molecule has 1 heterocycles. The molecule has 0 spiro atoms. The summed E-state index contributed by atoms with van der Waals surface area (Å²) >= 11 is 0. The minimum absolute atomic E-state index is 0.159. The van der Waals surface area contributed by atoms with Crippen molar-refractivity contribution in [3.63, 3.8) is 0 Å². The molecular formula is C13H10F3N4+. The number of alkyl halides is 3. The summed E-state index contributed by atoms with van der Waals surface area (Å²) in [5.41, 5.74) is 8.67. The summed E-state index contributed by atoms with van der Waals surface area (Å²) in [6.45, 7) is 0. The Kier molecular flexibility index (Phi) is 3.63. The number of benzene rings is 1. The van der Waals surface area contributed by atoms with Gasteiger partial charge in [-0.1, -0.05) is 11.2 Å². The van der Waals surface area contributed by atoms with Crippen LogP contribution in [0, 0.1) is 0 Å². The van der Waals surface area contributed by atoms with E-state index in [9.17, 15) is 13.2 Å². The van der Waals surface area contributed by atoms with Crippen molar-refractivity contribution >= 4 is 5.69 Å². The van der Waals surface area contributed by atoms with Crippen molar-refractivity contribution in [1.29, 1.82) is 0 Å². The van der Waals surface area contributed by atoms with Crippen LogP contribution in [0.25, 0.3) is 21.6 Å². The molecule has 2 aromatic rings. The smallest absolute Gasteiger partial charge is 0.207 e. The zero-order valence-corrected chi connectivity index (χ0v) is 10.5. The largest absolute Gasteiger partial charge is 0.416 e. The Morgan fingerprint density at radius 3 is 2.60 bits per heavy atom. The van der Waals surface area contributed by atoms with Crippen molar-refractivity contribution in [3.05, 3.63) is 58.7 Å². The number of nitrogens with zero attached hydrogens (tertiary/aromatic N) is 4. The molecule has 2 rings (SSSR count). The molecule has 102 valence electrons. The molecule has 0 saturated heterocycles. The third-order valence-corrected chi connectivity index (χ3v) is 2.73. The van der Waals surface area contributed by atoms with Gasteiger partial charge in [0.15, 0.2) is 12.4 Å². The first-order valence-corrected chi connectivity index (χ1v) is 5.64. The summed E-state index contributed by atoms with van der Waals surface area (Å²) in [4.78, 5) is 2.64. The van der Waals surface area contributed by atoms with Gasteiger partial charge >= 0.3 is 6.18 Å². The lowest BCUT2D eigenvalue weighted by Gasteiger charge is -2.10. The van der Waals surface area contributed by atoms with E-state index in [0.717, 1.165) is 12.1 Å². The van der Waals surface area contributed by atoms with Crippen LogP contribution >= 0.6 is 0 Å². The molecule has 1 aromatic heterocycles. The highest BCUT2D eigenvalue weighted by molar-refractivity contribution is 5.75. The third kappa shape index (κ3) is 2.89. The van der Waals surface area contributed by atoms with Gasteiger partial charge in [0.1, 0.15) is 7.05 Å². The predicted molar refractivity (Wildman–Crippen MR) is 66.9 cm³/mol. The highest BCUT2D eigenvalue weighted by atomic mass is 19.4. The molecule has 4 nitrogen and oxygen atoms in total. The standard InChI is InChI=1S/C13H10F3N4/c1-20-6-2-3-9(8-20)11-7-10(13(14,15)16)4-5-12(11)18-19-17/h2-8H,1H3/q+1. The lowest BCUT2D eigenvalue weighted by Crippen LogP contribution is -2.26. The van der Waals surface area contributed by atoms with E-state index in [-0.39, 0.29) is 11.3 Å². The molecule has 0 aliphatic carbocycles. The minimum Gasteiger partial charge on any atom is -0.207 e. The molecule has 0 unspecified atom stereocenters. The van der Waals surface area contributed by atoms with Crippen molar-refractivity contribution < 1.29 is 17.7 Å². The van der Waals surface area contributed by atoms with Crippen molar-refractivity contribution in [2.24, 2.45) is 12.2 Å². The highest BCUT2D eigenvalue weighted by Crippen LogP contribution is 2.36. The van der Waals surface area contributed by atoms with E-state index in [2.05, 4.69) is 10.0 Å². The van der Waals surface area contributed by atoms with E-state index in [0.29, 0.717) is 5.56 Å². The Hall–Kier alpha value is -2.53. The van der Waals surface area contributed by atoms with Gasteiger partial charge in [-0.15, -0.1) is 0 Å². The fourth-order valence-electron chi connectivity index (χ4n) is 1.83. The Labute approximate surface area is 112 Å². The first-order valence-electron chi connectivity index (χ1n) is 5.64. The number of hydrogen-bond donors (Lipinski definition) is 0. The Morgan fingerprint density at radius 2 is 2.00 bits per heavy atom. The lowest BCUT2D eigenvalue weighted by molar-refractivity contribution is -0.671. The molecule has 0 aliphatic rings.